The van der Waals surface area contributed by atoms with Gasteiger partial charge in [0.05, 0.1) is 5.69 Å². The average molecular weight is 398 g/mol. The van der Waals surface area contributed by atoms with Crippen LogP contribution in [0.2, 0.25) is 0 Å². The number of rotatable bonds is 4. The van der Waals surface area contributed by atoms with Gasteiger partial charge in [-0.3, -0.25) is 4.98 Å². The van der Waals surface area contributed by atoms with E-state index < -0.39 is 0 Å². The van der Waals surface area contributed by atoms with Gasteiger partial charge in [0.15, 0.2) is 0 Å². The van der Waals surface area contributed by atoms with Gasteiger partial charge in [-0.05, 0) is 69.8 Å². The first-order valence-corrected chi connectivity index (χ1v) is 8.16. The van der Waals surface area contributed by atoms with Crippen molar-refractivity contribution >= 4 is 31.9 Å². The van der Waals surface area contributed by atoms with Crippen molar-refractivity contribution in [3.05, 3.63) is 61.8 Å². The Balaban J connectivity index is 2.06. The molecule has 0 fully saturated rings. The molecule has 1 atom stereocenters. The van der Waals surface area contributed by atoms with Gasteiger partial charge in [0.25, 0.3) is 0 Å². The largest absolute Gasteiger partial charge is 0.305 e. The zero-order valence-electron chi connectivity index (χ0n) is 11.9. The van der Waals surface area contributed by atoms with Crippen LogP contribution in [0, 0.1) is 13.8 Å². The van der Waals surface area contributed by atoms with Gasteiger partial charge in [-0.15, -0.1) is 0 Å². The molecule has 20 heavy (non-hydrogen) atoms. The van der Waals surface area contributed by atoms with Crippen molar-refractivity contribution in [1.82, 2.24) is 10.3 Å². The Morgan fingerprint density at radius 3 is 2.60 bits per heavy atom. The van der Waals surface area contributed by atoms with E-state index in [4.69, 9.17) is 0 Å². The number of benzene rings is 1. The van der Waals surface area contributed by atoms with Crippen LogP contribution in [-0.2, 0) is 6.54 Å². The number of hydrogen-bond acceptors (Lipinski definition) is 2. The molecule has 0 saturated heterocycles. The Morgan fingerprint density at radius 1 is 1.20 bits per heavy atom. The van der Waals surface area contributed by atoms with E-state index in [1.165, 1.54) is 16.7 Å². The second-order valence-electron chi connectivity index (χ2n) is 5.04. The zero-order chi connectivity index (χ0) is 14.7. The van der Waals surface area contributed by atoms with Gasteiger partial charge in [-0.25, -0.2) is 0 Å². The minimum Gasteiger partial charge on any atom is -0.305 e. The Kier molecular flexibility index (Phi) is 5.35. The molecule has 1 heterocycles. The van der Waals surface area contributed by atoms with Gasteiger partial charge in [0, 0.05) is 27.7 Å². The molecule has 1 aromatic carbocycles. The van der Waals surface area contributed by atoms with Gasteiger partial charge in [-0.2, -0.15) is 0 Å². The molecule has 0 aliphatic heterocycles. The summed E-state index contributed by atoms with van der Waals surface area (Å²) in [6.45, 7) is 7.21. The molecule has 2 rings (SSSR count). The first-order valence-electron chi connectivity index (χ1n) is 6.58. The van der Waals surface area contributed by atoms with Crippen molar-refractivity contribution in [3.8, 4) is 0 Å². The van der Waals surface area contributed by atoms with Crippen molar-refractivity contribution in [1.29, 1.82) is 0 Å². The average Bonchev–Trinajstić information content (AvgIpc) is 2.37. The fourth-order valence-corrected chi connectivity index (χ4v) is 3.37. The molecule has 106 valence electrons. The second kappa shape index (κ2) is 6.83. The van der Waals surface area contributed by atoms with E-state index in [1.807, 2.05) is 12.3 Å². The van der Waals surface area contributed by atoms with Crippen LogP contribution in [0.5, 0.6) is 0 Å². The lowest BCUT2D eigenvalue weighted by molar-refractivity contribution is 0.564. The topological polar surface area (TPSA) is 24.9 Å². The van der Waals surface area contributed by atoms with Gasteiger partial charge in [0.1, 0.15) is 0 Å². The van der Waals surface area contributed by atoms with Gasteiger partial charge in [0.2, 0.25) is 0 Å². The summed E-state index contributed by atoms with van der Waals surface area (Å²) in [6, 6.07) is 8.90. The lowest BCUT2D eigenvalue weighted by atomic mass is 10.0. The maximum absolute atomic E-state index is 4.42. The van der Waals surface area contributed by atoms with Crippen LogP contribution < -0.4 is 5.32 Å². The highest BCUT2D eigenvalue weighted by atomic mass is 79.9. The highest BCUT2D eigenvalue weighted by molar-refractivity contribution is 9.11. The number of nitrogens with zero attached hydrogens (tertiary/aromatic N) is 1. The molecule has 1 unspecified atom stereocenters. The molecule has 2 aromatic rings. The normalized spacial score (nSPS) is 12.4. The molecule has 0 aliphatic rings. The number of halogens is 2. The molecular weight excluding hydrogens is 380 g/mol. The SMILES string of the molecule is Cc1ccc(C(C)NCc2ncc(Br)cc2Br)c(C)c1. The van der Waals surface area contributed by atoms with E-state index in [-0.39, 0.29) is 0 Å². The summed E-state index contributed by atoms with van der Waals surface area (Å²) in [5.74, 6) is 0. The number of pyridine rings is 1. The fraction of sp³-hybridized carbons (Fsp3) is 0.312. The molecule has 1 N–H and O–H groups in total. The Hall–Kier alpha value is -0.710. The van der Waals surface area contributed by atoms with Crippen LogP contribution in [-0.4, -0.2) is 4.98 Å². The monoisotopic (exact) mass is 396 g/mol. The summed E-state index contributed by atoms with van der Waals surface area (Å²) in [5, 5.41) is 3.53. The summed E-state index contributed by atoms with van der Waals surface area (Å²) in [7, 11) is 0. The minimum atomic E-state index is 0.299. The molecule has 0 spiro atoms. The number of hydrogen-bond donors (Lipinski definition) is 1. The van der Waals surface area contributed by atoms with Crippen molar-refractivity contribution in [2.75, 3.05) is 0 Å². The van der Waals surface area contributed by atoms with Crippen LogP contribution in [0.3, 0.4) is 0 Å². The molecule has 1 aromatic heterocycles. The molecule has 0 bridgehead atoms. The van der Waals surface area contributed by atoms with Crippen molar-refractivity contribution in [3.63, 3.8) is 0 Å². The maximum atomic E-state index is 4.42. The number of aromatic nitrogens is 1. The van der Waals surface area contributed by atoms with E-state index in [0.29, 0.717) is 6.04 Å². The Labute approximate surface area is 137 Å². The minimum absolute atomic E-state index is 0.299. The quantitative estimate of drug-likeness (QED) is 0.778. The first kappa shape index (κ1) is 15.7. The summed E-state index contributed by atoms with van der Waals surface area (Å²) in [4.78, 5) is 4.42. The van der Waals surface area contributed by atoms with Crippen LogP contribution in [0.1, 0.15) is 35.3 Å². The highest BCUT2D eigenvalue weighted by Gasteiger charge is 2.09. The summed E-state index contributed by atoms with van der Waals surface area (Å²) >= 11 is 6.96. The van der Waals surface area contributed by atoms with E-state index in [2.05, 4.69) is 81.1 Å². The third-order valence-electron chi connectivity index (χ3n) is 3.35. The Morgan fingerprint density at radius 2 is 1.95 bits per heavy atom. The first-order chi connectivity index (χ1) is 9.47. The molecule has 0 radical (unpaired) electrons. The summed E-state index contributed by atoms with van der Waals surface area (Å²) < 4.78 is 2.00. The third kappa shape index (κ3) is 3.90. The van der Waals surface area contributed by atoms with Crippen molar-refractivity contribution in [2.45, 2.75) is 33.4 Å². The number of nitrogens with one attached hydrogen (secondary N) is 1. The summed E-state index contributed by atoms with van der Waals surface area (Å²) in [5.41, 5.74) is 4.98. The van der Waals surface area contributed by atoms with E-state index >= 15 is 0 Å². The predicted molar refractivity (Wildman–Crippen MR) is 90.8 cm³/mol. The van der Waals surface area contributed by atoms with E-state index in [9.17, 15) is 0 Å². The van der Waals surface area contributed by atoms with Crippen LogP contribution in [0.25, 0.3) is 0 Å². The highest BCUT2D eigenvalue weighted by Crippen LogP contribution is 2.22. The smallest absolute Gasteiger partial charge is 0.0684 e. The molecular formula is C16H18Br2N2. The molecule has 0 aliphatic carbocycles. The standard InChI is InChI=1S/C16H18Br2N2/c1-10-4-5-14(11(2)6-10)12(3)19-9-16-15(18)7-13(17)8-20-16/h4-8,12,19H,9H2,1-3H3. The molecule has 2 nitrogen and oxygen atoms in total. The lowest BCUT2D eigenvalue weighted by Crippen LogP contribution is -2.19. The molecule has 4 heteroatoms. The molecule has 0 saturated carbocycles. The van der Waals surface area contributed by atoms with Crippen LogP contribution >= 0.6 is 31.9 Å². The van der Waals surface area contributed by atoms with E-state index in [1.54, 1.807) is 0 Å². The number of aryl methyl sites for hydroxylation is 2. The van der Waals surface area contributed by atoms with Crippen LogP contribution in [0.4, 0.5) is 0 Å². The predicted octanol–water partition coefficient (Wildman–Crippen LogP) is 5.07. The summed E-state index contributed by atoms with van der Waals surface area (Å²) in [6.07, 6.45) is 1.82. The Bertz CT molecular complexity index is 611. The second-order valence-corrected chi connectivity index (χ2v) is 6.81. The fourth-order valence-electron chi connectivity index (χ4n) is 2.24. The van der Waals surface area contributed by atoms with Gasteiger partial charge < -0.3 is 5.32 Å². The van der Waals surface area contributed by atoms with Gasteiger partial charge in [-0.1, -0.05) is 23.8 Å². The molecule has 0 amide bonds. The zero-order valence-corrected chi connectivity index (χ0v) is 15.0. The van der Waals surface area contributed by atoms with Crippen molar-refractivity contribution < 1.29 is 0 Å². The van der Waals surface area contributed by atoms with E-state index in [0.717, 1.165) is 21.2 Å². The maximum Gasteiger partial charge on any atom is 0.0684 e. The van der Waals surface area contributed by atoms with Gasteiger partial charge >= 0.3 is 0 Å². The van der Waals surface area contributed by atoms with Crippen molar-refractivity contribution in [2.24, 2.45) is 0 Å². The third-order valence-corrected chi connectivity index (χ3v) is 4.47. The lowest BCUT2D eigenvalue weighted by Gasteiger charge is -2.17. The van der Waals surface area contributed by atoms with Crippen LogP contribution in [0.15, 0.2) is 39.4 Å².